The van der Waals surface area contributed by atoms with Crippen molar-refractivity contribution in [3.63, 3.8) is 0 Å². The van der Waals surface area contributed by atoms with Gasteiger partial charge < -0.3 is 4.42 Å². The van der Waals surface area contributed by atoms with Crippen molar-refractivity contribution in [2.24, 2.45) is 4.99 Å². The molecule has 6 nitrogen and oxygen atoms in total. The third kappa shape index (κ3) is 3.21. The van der Waals surface area contributed by atoms with Gasteiger partial charge in [-0.1, -0.05) is 30.3 Å². The van der Waals surface area contributed by atoms with Crippen LogP contribution in [0.1, 0.15) is 5.56 Å². The Morgan fingerprint density at radius 2 is 1.85 bits per heavy atom. The molecule has 4 rings (SSSR count). The number of nitro benzene ring substituents is 1. The average molecular weight is 343 g/mol. The maximum Gasteiger partial charge on any atom is 0.270 e. The SMILES string of the molecule is O=[N+]([O-])c1cccc(C=Nc2cccc(-c3nc4ccccc4o3)c2)c1. The maximum absolute atomic E-state index is 10.8. The fourth-order valence-electron chi connectivity index (χ4n) is 2.58. The molecule has 0 unspecified atom stereocenters. The first-order valence-electron chi connectivity index (χ1n) is 7.93. The zero-order chi connectivity index (χ0) is 17.9. The van der Waals surface area contributed by atoms with Crippen LogP contribution >= 0.6 is 0 Å². The molecule has 0 fully saturated rings. The molecule has 126 valence electrons. The predicted octanol–water partition coefficient (Wildman–Crippen LogP) is 5.15. The van der Waals surface area contributed by atoms with Gasteiger partial charge in [0, 0.05) is 23.9 Å². The van der Waals surface area contributed by atoms with Crippen molar-refractivity contribution in [3.8, 4) is 11.5 Å². The summed E-state index contributed by atoms with van der Waals surface area (Å²) in [4.78, 5) is 19.3. The molecular weight excluding hydrogens is 330 g/mol. The molecule has 1 heterocycles. The first-order chi connectivity index (χ1) is 12.7. The van der Waals surface area contributed by atoms with Crippen LogP contribution in [0.15, 0.2) is 82.2 Å². The number of fused-ring (bicyclic) bond motifs is 1. The van der Waals surface area contributed by atoms with E-state index in [1.807, 2.05) is 48.5 Å². The monoisotopic (exact) mass is 343 g/mol. The van der Waals surface area contributed by atoms with Crippen molar-refractivity contribution in [2.45, 2.75) is 0 Å². The molecule has 0 aliphatic rings. The minimum atomic E-state index is -0.425. The van der Waals surface area contributed by atoms with Crippen LogP contribution in [0.4, 0.5) is 11.4 Å². The quantitative estimate of drug-likeness (QED) is 0.291. The van der Waals surface area contributed by atoms with Gasteiger partial charge in [0.15, 0.2) is 5.58 Å². The number of nitro groups is 1. The largest absolute Gasteiger partial charge is 0.436 e. The standard InChI is InChI=1S/C20H13N3O3/c24-23(25)17-8-3-5-14(11-17)13-21-16-7-4-6-15(12-16)20-22-18-9-1-2-10-19(18)26-20/h1-13H. The Kier molecular flexibility index (Phi) is 3.99. The highest BCUT2D eigenvalue weighted by molar-refractivity contribution is 5.83. The van der Waals surface area contributed by atoms with E-state index >= 15 is 0 Å². The van der Waals surface area contributed by atoms with Crippen LogP contribution in [0, 0.1) is 10.1 Å². The van der Waals surface area contributed by atoms with Crippen molar-refractivity contribution < 1.29 is 9.34 Å². The lowest BCUT2D eigenvalue weighted by molar-refractivity contribution is -0.384. The summed E-state index contributed by atoms with van der Waals surface area (Å²) in [6.45, 7) is 0. The Bertz CT molecular complexity index is 1100. The highest BCUT2D eigenvalue weighted by Gasteiger charge is 2.08. The minimum Gasteiger partial charge on any atom is -0.436 e. The van der Waals surface area contributed by atoms with E-state index in [1.165, 1.54) is 12.1 Å². The zero-order valence-corrected chi connectivity index (χ0v) is 13.6. The second-order valence-electron chi connectivity index (χ2n) is 5.65. The summed E-state index contributed by atoms with van der Waals surface area (Å²) >= 11 is 0. The molecule has 3 aromatic carbocycles. The van der Waals surface area contributed by atoms with Crippen molar-refractivity contribution in [2.75, 3.05) is 0 Å². The Labute approximate surface area is 148 Å². The highest BCUT2D eigenvalue weighted by atomic mass is 16.6. The molecule has 0 amide bonds. The van der Waals surface area contributed by atoms with Crippen LogP contribution < -0.4 is 0 Å². The highest BCUT2D eigenvalue weighted by Crippen LogP contribution is 2.27. The topological polar surface area (TPSA) is 81.5 Å². The van der Waals surface area contributed by atoms with Gasteiger partial charge in [0.05, 0.1) is 10.6 Å². The fraction of sp³-hybridized carbons (Fsp3) is 0. The molecule has 0 bridgehead atoms. The van der Waals surface area contributed by atoms with Crippen LogP contribution in [0.5, 0.6) is 0 Å². The van der Waals surface area contributed by atoms with Gasteiger partial charge in [0.2, 0.25) is 5.89 Å². The molecular formula is C20H13N3O3. The molecule has 1 aromatic heterocycles. The Morgan fingerprint density at radius 1 is 1.00 bits per heavy atom. The van der Waals surface area contributed by atoms with Crippen molar-refractivity contribution >= 4 is 28.7 Å². The van der Waals surface area contributed by atoms with E-state index < -0.39 is 4.92 Å². The number of hydrogen-bond donors (Lipinski definition) is 0. The van der Waals surface area contributed by atoms with Gasteiger partial charge in [-0.05, 0) is 35.9 Å². The van der Waals surface area contributed by atoms with E-state index in [9.17, 15) is 10.1 Å². The minimum absolute atomic E-state index is 0.0363. The Morgan fingerprint density at radius 3 is 2.69 bits per heavy atom. The second kappa shape index (κ2) is 6.60. The lowest BCUT2D eigenvalue weighted by atomic mass is 10.2. The van der Waals surface area contributed by atoms with E-state index in [0.717, 1.165) is 16.7 Å². The third-order valence-corrected chi connectivity index (χ3v) is 3.83. The van der Waals surface area contributed by atoms with E-state index in [2.05, 4.69) is 9.98 Å². The van der Waals surface area contributed by atoms with Crippen molar-refractivity contribution in [1.82, 2.24) is 4.98 Å². The van der Waals surface area contributed by atoms with E-state index in [-0.39, 0.29) is 5.69 Å². The van der Waals surface area contributed by atoms with Crippen LogP contribution in [0.25, 0.3) is 22.6 Å². The summed E-state index contributed by atoms with van der Waals surface area (Å²) in [7, 11) is 0. The number of aromatic nitrogens is 1. The van der Waals surface area contributed by atoms with Crippen LogP contribution in [0.2, 0.25) is 0 Å². The molecule has 0 saturated carbocycles. The summed E-state index contributed by atoms with van der Waals surface area (Å²) in [6.07, 6.45) is 1.60. The molecule has 6 heteroatoms. The number of para-hydroxylation sites is 2. The van der Waals surface area contributed by atoms with Crippen LogP contribution in [-0.4, -0.2) is 16.1 Å². The number of hydrogen-bond acceptors (Lipinski definition) is 5. The summed E-state index contributed by atoms with van der Waals surface area (Å²) in [5, 5.41) is 10.8. The molecule has 0 saturated heterocycles. The molecule has 0 aliphatic heterocycles. The van der Waals surface area contributed by atoms with Crippen LogP contribution in [0.3, 0.4) is 0 Å². The summed E-state index contributed by atoms with van der Waals surface area (Å²) in [5.74, 6) is 0.526. The predicted molar refractivity (Wildman–Crippen MR) is 99.8 cm³/mol. The van der Waals surface area contributed by atoms with E-state index in [1.54, 1.807) is 18.3 Å². The summed E-state index contributed by atoms with van der Waals surface area (Å²) in [5.41, 5.74) is 3.74. The number of benzene rings is 3. The smallest absolute Gasteiger partial charge is 0.270 e. The summed E-state index contributed by atoms with van der Waals surface area (Å²) < 4.78 is 5.78. The van der Waals surface area contributed by atoms with Gasteiger partial charge in [0.1, 0.15) is 5.52 Å². The van der Waals surface area contributed by atoms with Gasteiger partial charge in [-0.3, -0.25) is 15.1 Å². The summed E-state index contributed by atoms with van der Waals surface area (Å²) in [6, 6.07) is 21.4. The number of non-ortho nitro benzene ring substituents is 1. The maximum atomic E-state index is 10.8. The van der Waals surface area contributed by atoms with E-state index in [0.29, 0.717) is 17.1 Å². The molecule has 4 aromatic rings. The van der Waals surface area contributed by atoms with Gasteiger partial charge in [0.25, 0.3) is 5.69 Å². The lowest BCUT2D eigenvalue weighted by Crippen LogP contribution is -1.89. The average Bonchev–Trinajstić information content (AvgIpc) is 3.11. The van der Waals surface area contributed by atoms with Crippen LogP contribution in [-0.2, 0) is 0 Å². The van der Waals surface area contributed by atoms with Crippen molar-refractivity contribution in [3.05, 3.63) is 88.5 Å². The molecule has 0 spiro atoms. The first-order valence-corrected chi connectivity index (χ1v) is 7.93. The van der Waals surface area contributed by atoms with Gasteiger partial charge in [-0.15, -0.1) is 0 Å². The zero-order valence-electron chi connectivity index (χ0n) is 13.6. The normalized spacial score (nSPS) is 11.2. The Hall–Kier alpha value is -3.80. The number of rotatable bonds is 4. The van der Waals surface area contributed by atoms with E-state index in [4.69, 9.17) is 4.42 Å². The van der Waals surface area contributed by atoms with Gasteiger partial charge in [-0.25, -0.2) is 4.98 Å². The Balaban J connectivity index is 1.63. The number of aliphatic imine (C=N–C) groups is 1. The molecule has 0 atom stereocenters. The number of oxazole rings is 1. The van der Waals surface area contributed by atoms with Gasteiger partial charge >= 0.3 is 0 Å². The fourth-order valence-corrected chi connectivity index (χ4v) is 2.58. The third-order valence-electron chi connectivity index (χ3n) is 3.83. The number of nitrogens with zero attached hydrogens (tertiary/aromatic N) is 3. The molecule has 0 radical (unpaired) electrons. The first kappa shape index (κ1) is 15.7. The van der Waals surface area contributed by atoms with Gasteiger partial charge in [-0.2, -0.15) is 0 Å². The molecule has 0 aliphatic carbocycles. The molecule has 0 N–H and O–H groups in total. The van der Waals surface area contributed by atoms with Crippen molar-refractivity contribution in [1.29, 1.82) is 0 Å². The molecule has 26 heavy (non-hydrogen) atoms. The second-order valence-corrected chi connectivity index (χ2v) is 5.65. The lowest BCUT2D eigenvalue weighted by Gasteiger charge is -1.98.